The molecule has 1 heterocycles. The molecule has 0 unspecified atom stereocenters. The van der Waals surface area contributed by atoms with Gasteiger partial charge in [-0.2, -0.15) is 0 Å². The number of hydrogen-bond donors (Lipinski definition) is 0. The van der Waals surface area contributed by atoms with Crippen LogP contribution < -0.4 is 4.74 Å². The lowest BCUT2D eigenvalue weighted by molar-refractivity contribution is -0.274. The lowest BCUT2D eigenvalue weighted by Crippen LogP contribution is -2.49. The monoisotopic (exact) mass is 440 g/mol. The van der Waals surface area contributed by atoms with Gasteiger partial charge >= 0.3 is 6.36 Å². The van der Waals surface area contributed by atoms with Crippen molar-refractivity contribution in [1.29, 1.82) is 0 Å². The van der Waals surface area contributed by atoms with Crippen LogP contribution in [0.2, 0.25) is 0 Å². The minimum absolute atomic E-state index is 0.123. The minimum atomic E-state index is -4.74. The normalized spacial score (nSPS) is 15.7. The van der Waals surface area contributed by atoms with Gasteiger partial charge in [0.15, 0.2) is 0 Å². The first kappa shape index (κ1) is 23.0. The number of rotatable bonds is 8. The van der Waals surface area contributed by atoms with Gasteiger partial charge in [0, 0.05) is 13.6 Å². The number of ether oxygens (including phenoxy) is 3. The van der Waals surface area contributed by atoms with Gasteiger partial charge in [-0.25, -0.2) is 9.38 Å². The first-order valence-electron chi connectivity index (χ1n) is 9.73. The predicted molar refractivity (Wildman–Crippen MR) is 108 cm³/mol. The van der Waals surface area contributed by atoms with Crippen LogP contribution in [0.1, 0.15) is 23.6 Å². The third-order valence-corrected chi connectivity index (χ3v) is 5.02. The predicted octanol–water partition coefficient (Wildman–Crippen LogP) is 5.09. The van der Waals surface area contributed by atoms with Gasteiger partial charge in [-0.3, -0.25) is 0 Å². The molecule has 31 heavy (non-hydrogen) atoms. The number of benzene rings is 2. The molecular formula is C22H24F4N2O3. The second-order valence-corrected chi connectivity index (χ2v) is 7.40. The van der Waals surface area contributed by atoms with Crippen LogP contribution in [0.15, 0.2) is 41.4 Å². The quantitative estimate of drug-likeness (QED) is 0.326. The fraction of sp³-hybridized carbons (Fsp3) is 0.409. The Morgan fingerprint density at radius 3 is 2.42 bits per heavy atom. The second-order valence-electron chi connectivity index (χ2n) is 7.40. The Balaban J connectivity index is 1.74. The number of halogens is 4. The van der Waals surface area contributed by atoms with Crippen molar-refractivity contribution < 1.29 is 31.8 Å². The Labute approximate surface area is 178 Å². The topological polar surface area (TPSA) is 43.3 Å². The summed E-state index contributed by atoms with van der Waals surface area (Å²) in [5, 5.41) is 0. The Bertz CT molecular complexity index is 926. The molecule has 1 saturated heterocycles. The van der Waals surface area contributed by atoms with Gasteiger partial charge in [0.05, 0.1) is 26.2 Å². The first-order chi connectivity index (χ1) is 14.6. The summed E-state index contributed by atoms with van der Waals surface area (Å²) in [4.78, 5) is 6.02. The van der Waals surface area contributed by atoms with Gasteiger partial charge in [-0.1, -0.05) is 12.1 Å². The molecule has 9 heteroatoms. The number of alkyl halides is 3. The highest BCUT2D eigenvalue weighted by molar-refractivity contribution is 5.62. The molecule has 2 aromatic carbocycles. The summed E-state index contributed by atoms with van der Waals surface area (Å²) >= 11 is 0. The van der Waals surface area contributed by atoms with E-state index in [1.807, 2.05) is 25.8 Å². The van der Waals surface area contributed by atoms with Crippen LogP contribution in [-0.2, 0) is 21.7 Å². The van der Waals surface area contributed by atoms with Crippen LogP contribution in [0.4, 0.5) is 23.2 Å². The summed E-state index contributed by atoms with van der Waals surface area (Å²) in [6, 6.07) is 8.50. The van der Waals surface area contributed by atoms with E-state index in [1.54, 1.807) is 12.4 Å². The van der Waals surface area contributed by atoms with E-state index in [2.05, 4.69) is 9.73 Å². The number of aliphatic imine (C=N–C) groups is 1. The van der Waals surface area contributed by atoms with Gasteiger partial charge in [-0.15, -0.1) is 13.2 Å². The summed E-state index contributed by atoms with van der Waals surface area (Å²) in [6.45, 7) is 5.19. The molecule has 0 radical (unpaired) electrons. The zero-order chi connectivity index (χ0) is 22.6. The molecule has 1 aliphatic heterocycles. The molecule has 0 bridgehead atoms. The minimum Gasteiger partial charge on any atom is -0.406 e. The van der Waals surface area contributed by atoms with Gasteiger partial charge in [0.2, 0.25) is 0 Å². The zero-order valence-electron chi connectivity index (χ0n) is 17.5. The number of nitrogens with zero attached hydrogens (tertiary/aromatic N) is 2. The van der Waals surface area contributed by atoms with Crippen molar-refractivity contribution in [3.05, 3.63) is 58.9 Å². The van der Waals surface area contributed by atoms with E-state index in [0.717, 1.165) is 12.1 Å². The van der Waals surface area contributed by atoms with Crippen molar-refractivity contribution in [2.45, 2.75) is 32.4 Å². The van der Waals surface area contributed by atoms with Crippen molar-refractivity contribution in [2.24, 2.45) is 4.99 Å². The largest absolute Gasteiger partial charge is 0.573 e. The molecule has 0 N–H and O–H groups in total. The van der Waals surface area contributed by atoms with Crippen molar-refractivity contribution >= 4 is 12.0 Å². The molecular weight excluding hydrogens is 416 g/mol. The summed E-state index contributed by atoms with van der Waals surface area (Å²) in [5.41, 5.74) is 1.54. The third-order valence-electron chi connectivity index (χ3n) is 5.02. The Morgan fingerprint density at radius 1 is 1.19 bits per heavy atom. The molecule has 3 rings (SSSR count). The molecule has 0 aromatic heterocycles. The fourth-order valence-electron chi connectivity index (χ4n) is 3.11. The van der Waals surface area contributed by atoms with Crippen LogP contribution in [0.3, 0.4) is 0 Å². The van der Waals surface area contributed by atoms with Crippen LogP contribution in [-0.4, -0.2) is 44.4 Å². The van der Waals surface area contributed by atoms with E-state index in [4.69, 9.17) is 9.47 Å². The molecule has 0 atom stereocenters. The zero-order valence-corrected chi connectivity index (χ0v) is 17.5. The highest BCUT2D eigenvalue weighted by Crippen LogP contribution is 2.39. The third kappa shape index (κ3) is 5.74. The van der Waals surface area contributed by atoms with Crippen LogP contribution in [0, 0.1) is 12.7 Å². The van der Waals surface area contributed by atoms with Crippen LogP contribution >= 0.6 is 0 Å². The lowest BCUT2D eigenvalue weighted by Gasteiger charge is -2.42. The molecule has 1 fully saturated rings. The van der Waals surface area contributed by atoms with E-state index in [1.165, 1.54) is 30.3 Å². The number of aryl methyl sites for hydroxylation is 1. The molecule has 0 spiro atoms. The lowest BCUT2D eigenvalue weighted by atomic mass is 9.87. The van der Waals surface area contributed by atoms with E-state index in [-0.39, 0.29) is 31.3 Å². The van der Waals surface area contributed by atoms with E-state index in [0.29, 0.717) is 11.1 Å². The molecule has 168 valence electrons. The highest BCUT2D eigenvalue weighted by Gasteiger charge is 2.43. The maximum absolute atomic E-state index is 14.7. The summed E-state index contributed by atoms with van der Waals surface area (Å²) < 4.78 is 66.8. The molecule has 0 amide bonds. The molecule has 2 aromatic rings. The Hall–Kier alpha value is -2.65. The highest BCUT2D eigenvalue weighted by atomic mass is 19.4. The fourth-order valence-corrected chi connectivity index (χ4v) is 3.11. The van der Waals surface area contributed by atoms with E-state index in [9.17, 15) is 17.6 Å². The van der Waals surface area contributed by atoms with E-state index < -0.39 is 17.8 Å². The average molecular weight is 440 g/mol. The maximum Gasteiger partial charge on any atom is 0.573 e. The summed E-state index contributed by atoms with van der Waals surface area (Å²) in [6.07, 6.45) is -3.17. The first-order valence-corrected chi connectivity index (χ1v) is 9.73. The SMILES string of the molecule is CCN(C)C=Nc1cc(C)c(C2(OCc3ccc(OC(F)(F)F)cc3)COC2)cc1F. The van der Waals surface area contributed by atoms with Crippen LogP contribution in [0.5, 0.6) is 5.75 Å². The van der Waals surface area contributed by atoms with Gasteiger partial charge < -0.3 is 19.1 Å². The van der Waals surface area contributed by atoms with Crippen molar-refractivity contribution in [2.75, 3.05) is 26.8 Å². The summed E-state index contributed by atoms with van der Waals surface area (Å²) in [7, 11) is 1.85. The smallest absolute Gasteiger partial charge is 0.406 e. The van der Waals surface area contributed by atoms with Crippen LogP contribution in [0.25, 0.3) is 0 Å². The van der Waals surface area contributed by atoms with Crippen molar-refractivity contribution in [1.82, 2.24) is 4.90 Å². The standard InChI is InChI=1S/C22H24F4N2O3/c1-4-28(3)14-27-20-9-15(2)18(10-19(20)23)21(12-29-13-21)30-11-16-5-7-17(8-6-16)31-22(24,25)26/h5-10,14H,4,11-13H2,1-3H3. The Kier molecular flexibility index (Phi) is 6.86. The molecule has 0 aliphatic carbocycles. The summed E-state index contributed by atoms with van der Waals surface area (Å²) in [5.74, 6) is -0.773. The average Bonchev–Trinajstić information content (AvgIpc) is 2.68. The van der Waals surface area contributed by atoms with Gasteiger partial charge in [-0.05, 0) is 54.8 Å². The van der Waals surface area contributed by atoms with Crippen molar-refractivity contribution in [3.63, 3.8) is 0 Å². The molecule has 1 aliphatic rings. The van der Waals surface area contributed by atoms with Gasteiger partial charge in [0.25, 0.3) is 0 Å². The van der Waals surface area contributed by atoms with Crippen molar-refractivity contribution in [3.8, 4) is 5.75 Å². The number of hydrogen-bond acceptors (Lipinski definition) is 4. The van der Waals surface area contributed by atoms with Gasteiger partial charge in [0.1, 0.15) is 22.9 Å². The molecule has 5 nitrogen and oxygen atoms in total. The Morgan fingerprint density at radius 2 is 1.87 bits per heavy atom. The second kappa shape index (κ2) is 9.23. The maximum atomic E-state index is 14.7. The van der Waals surface area contributed by atoms with E-state index >= 15 is 0 Å². The molecule has 0 saturated carbocycles.